The summed E-state index contributed by atoms with van der Waals surface area (Å²) in [6, 6.07) is 0. The average molecular weight is 234 g/mol. The second-order valence-corrected chi connectivity index (χ2v) is 6.12. The van der Waals surface area contributed by atoms with Crippen molar-refractivity contribution in [2.45, 2.75) is 57.5 Å². The van der Waals surface area contributed by atoms with E-state index in [0.717, 1.165) is 25.7 Å². The van der Waals surface area contributed by atoms with Gasteiger partial charge in [-0.3, -0.25) is 4.79 Å². The highest BCUT2D eigenvalue weighted by Crippen LogP contribution is 2.45. The Morgan fingerprint density at radius 1 is 1.12 bits per heavy atom. The molecule has 2 saturated carbocycles. The number of fused-ring (bicyclic) bond motifs is 1. The number of aliphatic hydroxyl groups excluding tert-OH is 1. The lowest BCUT2D eigenvalue weighted by atomic mass is 9.68. The maximum absolute atomic E-state index is 11.4. The molecule has 4 atom stereocenters. The minimum Gasteiger partial charge on any atom is -0.393 e. The molecule has 1 N–H and O–H groups in total. The van der Waals surface area contributed by atoms with Gasteiger partial charge in [0.15, 0.2) is 5.78 Å². The number of ketones is 1. The van der Waals surface area contributed by atoms with Crippen molar-refractivity contribution in [2.75, 3.05) is 0 Å². The summed E-state index contributed by atoms with van der Waals surface area (Å²) in [5.74, 6) is 2.24. The van der Waals surface area contributed by atoms with E-state index in [4.69, 9.17) is 0 Å². The SMILES string of the molecule is O=C1C=C2CC[C@H]([C@@H]3CCC[C@@H]3O)C[C@H]2CC1. The first-order valence-corrected chi connectivity index (χ1v) is 7.15. The summed E-state index contributed by atoms with van der Waals surface area (Å²) < 4.78 is 0. The van der Waals surface area contributed by atoms with E-state index in [0.29, 0.717) is 23.5 Å². The average Bonchev–Trinajstić information content (AvgIpc) is 2.75. The predicted molar refractivity (Wildman–Crippen MR) is 66.5 cm³/mol. The Balaban J connectivity index is 1.68. The van der Waals surface area contributed by atoms with Crippen LogP contribution in [0.1, 0.15) is 51.4 Å². The zero-order valence-electron chi connectivity index (χ0n) is 10.4. The van der Waals surface area contributed by atoms with E-state index in [2.05, 4.69) is 0 Å². The zero-order chi connectivity index (χ0) is 11.8. The standard InChI is InChI=1S/C15H22O2/c16-13-7-6-10-8-12(5-4-11(10)9-13)14-2-1-3-15(14)17/h9-10,12,14-15,17H,1-8H2/t10-,12+,14+,15+/m1/s1. The van der Waals surface area contributed by atoms with E-state index in [9.17, 15) is 9.90 Å². The van der Waals surface area contributed by atoms with Gasteiger partial charge >= 0.3 is 0 Å². The highest BCUT2D eigenvalue weighted by atomic mass is 16.3. The number of rotatable bonds is 1. The highest BCUT2D eigenvalue weighted by molar-refractivity contribution is 5.91. The van der Waals surface area contributed by atoms with Crippen LogP contribution in [-0.2, 0) is 4.79 Å². The lowest BCUT2D eigenvalue weighted by Gasteiger charge is -2.37. The Labute approximate surface area is 103 Å². The molecule has 2 fully saturated rings. The van der Waals surface area contributed by atoms with Gasteiger partial charge in [-0.2, -0.15) is 0 Å². The van der Waals surface area contributed by atoms with Crippen LogP contribution in [0.15, 0.2) is 11.6 Å². The van der Waals surface area contributed by atoms with Crippen LogP contribution >= 0.6 is 0 Å². The van der Waals surface area contributed by atoms with Crippen molar-refractivity contribution in [1.82, 2.24) is 0 Å². The van der Waals surface area contributed by atoms with Crippen LogP contribution in [0.5, 0.6) is 0 Å². The summed E-state index contributed by atoms with van der Waals surface area (Å²) in [6.07, 6.45) is 10.6. The second-order valence-electron chi connectivity index (χ2n) is 6.12. The van der Waals surface area contributed by atoms with Crippen molar-refractivity contribution >= 4 is 5.78 Å². The third kappa shape index (κ3) is 2.20. The molecule has 0 aromatic heterocycles. The minimum absolute atomic E-state index is 0.0456. The van der Waals surface area contributed by atoms with Gasteiger partial charge in [-0.25, -0.2) is 0 Å². The van der Waals surface area contributed by atoms with Crippen LogP contribution in [0.4, 0.5) is 0 Å². The molecule has 2 nitrogen and oxygen atoms in total. The van der Waals surface area contributed by atoms with Gasteiger partial charge in [-0.1, -0.05) is 12.0 Å². The third-order valence-corrected chi connectivity index (χ3v) is 5.14. The summed E-state index contributed by atoms with van der Waals surface area (Å²) >= 11 is 0. The maximum Gasteiger partial charge on any atom is 0.155 e. The Morgan fingerprint density at radius 3 is 2.76 bits per heavy atom. The molecule has 0 amide bonds. The summed E-state index contributed by atoms with van der Waals surface area (Å²) in [5, 5.41) is 10.0. The summed E-state index contributed by atoms with van der Waals surface area (Å²) in [6.45, 7) is 0. The van der Waals surface area contributed by atoms with Gasteiger partial charge in [-0.15, -0.1) is 0 Å². The summed E-state index contributed by atoms with van der Waals surface area (Å²) in [5.41, 5.74) is 1.41. The van der Waals surface area contributed by atoms with Gasteiger partial charge < -0.3 is 5.11 Å². The molecule has 94 valence electrons. The first-order valence-electron chi connectivity index (χ1n) is 7.15. The van der Waals surface area contributed by atoms with Crippen LogP contribution in [0.25, 0.3) is 0 Å². The fourth-order valence-corrected chi connectivity index (χ4v) is 4.19. The van der Waals surface area contributed by atoms with E-state index in [1.807, 2.05) is 6.08 Å². The molecule has 17 heavy (non-hydrogen) atoms. The Bertz CT molecular complexity index is 345. The first-order chi connectivity index (χ1) is 8.24. The van der Waals surface area contributed by atoms with Gasteiger partial charge in [0, 0.05) is 6.42 Å². The van der Waals surface area contributed by atoms with Crippen molar-refractivity contribution in [1.29, 1.82) is 0 Å². The van der Waals surface area contributed by atoms with Gasteiger partial charge in [-0.05, 0) is 62.4 Å². The minimum atomic E-state index is -0.0456. The molecule has 0 aromatic carbocycles. The summed E-state index contributed by atoms with van der Waals surface area (Å²) in [7, 11) is 0. The molecule has 3 aliphatic carbocycles. The molecule has 3 rings (SSSR count). The second kappa shape index (κ2) is 4.56. The van der Waals surface area contributed by atoms with Crippen LogP contribution in [0.2, 0.25) is 0 Å². The number of allylic oxidation sites excluding steroid dienone is 2. The Morgan fingerprint density at radius 2 is 2.00 bits per heavy atom. The summed E-state index contributed by atoms with van der Waals surface area (Å²) in [4.78, 5) is 11.4. The maximum atomic E-state index is 11.4. The smallest absolute Gasteiger partial charge is 0.155 e. The predicted octanol–water partition coefficient (Wildman–Crippen LogP) is 2.85. The fraction of sp³-hybridized carbons (Fsp3) is 0.800. The number of hydrogen-bond donors (Lipinski definition) is 1. The molecule has 0 heterocycles. The van der Waals surface area contributed by atoms with Crippen molar-refractivity contribution in [2.24, 2.45) is 17.8 Å². The van der Waals surface area contributed by atoms with Crippen LogP contribution < -0.4 is 0 Å². The molecule has 0 aliphatic heterocycles. The van der Waals surface area contributed by atoms with Crippen molar-refractivity contribution in [3.63, 3.8) is 0 Å². The van der Waals surface area contributed by atoms with E-state index in [-0.39, 0.29) is 6.10 Å². The van der Waals surface area contributed by atoms with Gasteiger partial charge in [0.2, 0.25) is 0 Å². The number of hydrogen-bond acceptors (Lipinski definition) is 2. The van der Waals surface area contributed by atoms with Crippen LogP contribution in [-0.4, -0.2) is 17.0 Å². The monoisotopic (exact) mass is 234 g/mol. The first kappa shape index (κ1) is 11.5. The molecular weight excluding hydrogens is 212 g/mol. The van der Waals surface area contributed by atoms with Crippen molar-refractivity contribution in [3.8, 4) is 0 Å². The van der Waals surface area contributed by atoms with E-state index in [1.165, 1.54) is 31.3 Å². The van der Waals surface area contributed by atoms with Gasteiger partial charge in [0.25, 0.3) is 0 Å². The zero-order valence-corrected chi connectivity index (χ0v) is 10.4. The molecule has 0 saturated heterocycles. The Kier molecular flexibility index (Phi) is 3.08. The van der Waals surface area contributed by atoms with Gasteiger partial charge in [0.1, 0.15) is 0 Å². The molecule has 0 radical (unpaired) electrons. The number of carbonyl (C=O) groups is 1. The molecule has 0 spiro atoms. The molecule has 0 unspecified atom stereocenters. The normalized spacial score (nSPS) is 42.2. The third-order valence-electron chi connectivity index (χ3n) is 5.14. The molecule has 0 bridgehead atoms. The van der Waals surface area contributed by atoms with E-state index < -0.39 is 0 Å². The molecule has 3 aliphatic rings. The van der Waals surface area contributed by atoms with E-state index >= 15 is 0 Å². The van der Waals surface area contributed by atoms with Crippen LogP contribution in [0, 0.1) is 17.8 Å². The van der Waals surface area contributed by atoms with Crippen molar-refractivity contribution < 1.29 is 9.90 Å². The lowest BCUT2D eigenvalue weighted by Crippen LogP contribution is -2.30. The largest absolute Gasteiger partial charge is 0.393 e. The van der Waals surface area contributed by atoms with Gasteiger partial charge in [0.05, 0.1) is 6.10 Å². The number of aliphatic hydroxyl groups is 1. The van der Waals surface area contributed by atoms with Crippen molar-refractivity contribution in [3.05, 3.63) is 11.6 Å². The fourth-order valence-electron chi connectivity index (χ4n) is 4.19. The Hall–Kier alpha value is -0.630. The van der Waals surface area contributed by atoms with Crippen LogP contribution in [0.3, 0.4) is 0 Å². The lowest BCUT2D eigenvalue weighted by molar-refractivity contribution is -0.115. The number of carbonyl (C=O) groups excluding carboxylic acids is 1. The molecule has 2 heteroatoms. The molecular formula is C15H22O2. The molecule has 0 aromatic rings. The quantitative estimate of drug-likeness (QED) is 0.757. The van der Waals surface area contributed by atoms with E-state index in [1.54, 1.807) is 0 Å². The highest BCUT2D eigenvalue weighted by Gasteiger charge is 2.37. The topological polar surface area (TPSA) is 37.3 Å².